The molecule has 0 spiro atoms. The van der Waals surface area contributed by atoms with Gasteiger partial charge in [-0.2, -0.15) is 0 Å². The van der Waals surface area contributed by atoms with Crippen molar-refractivity contribution < 1.29 is 9.59 Å². The van der Waals surface area contributed by atoms with Crippen LogP contribution in [0.4, 0.5) is 0 Å². The van der Waals surface area contributed by atoms with E-state index in [0.717, 1.165) is 5.56 Å². The molecule has 4 nitrogen and oxygen atoms in total. The number of benzene rings is 1. The summed E-state index contributed by atoms with van der Waals surface area (Å²) in [4.78, 5) is 22.9. The monoisotopic (exact) mass is 266 g/mol. The van der Waals surface area contributed by atoms with Gasteiger partial charge in [0.15, 0.2) is 0 Å². The quantitative estimate of drug-likeness (QED) is 0.812. The van der Waals surface area contributed by atoms with Crippen LogP contribution in [0.2, 0.25) is 0 Å². The van der Waals surface area contributed by atoms with Gasteiger partial charge in [-0.05, 0) is 12.0 Å². The molecule has 1 saturated heterocycles. The first kappa shape index (κ1) is 12.9. The summed E-state index contributed by atoms with van der Waals surface area (Å²) in [7, 11) is 0. The van der Waals surface area contributed by atoms with Gasteiger partial charge in [-0.1, -0.05) is 30.3 Å². The number of piperidine rings is 1. The minimum Gasteiger partial charge on any atom is -0.354 e. The van der Waals surface area contributed by atoms with Gasteiger partial charge in [0.25, 0.3) is 0 Å². The van der Waals surface area contributed by atoms with E-state index >= 15 is 0 Å². The van der Waals surface area contributed by atoms with Crippen molar-refractivity contribution >= 4 is 23.4 Å². The molecule has 2 unspecified atom stereocenters. The molecule has 1 heterocycles. The van der Waals surface area contributed by atoms with Gasteiger partial charge in [-0.3, -0.25) is 9.59 Å². The van der Waals surface area contributed by atoms with Crippen LogP contribution < -0.4 is 10.6 Å². The highest BCUT2D eigenvalue weighted by molar-refractivity contribution is 6.30. The minimum atomic E-state index is -0.691. The number of halogens is 1. The van der Waals surface area contributed by atoms with Gasteiger partial charge in [0, 0.05) is 19.0 Å². The summed E-state index contributed by atoms with van der Waals surface area (Å²) in [6, 6.07) is 9.18. The number of carbonyl (C=O) groups excluding carboxylic acids is 2. The molecule has 2 amide bonds. The molecular weight excluding hydrogens is 252 g/mol. The van der Waals surface area contributed by atoms with E-state index in [1.165, 1.54) is 0 Å². The lowest BCUT2D eigenvalue weighted by Gasteiger charge is -2.24. The van der Waals surface area contributed by atoms with Gasteiger partial charge < -0.3 is 10.6 Å². The van der Waals surface area contributed by atoms with Crippen molar-refractivity contribution in [3.8, 4) is 0 Å². The van der Waals surface area contributed by atoms with Crippen LogP contribution in [0.5, 0.6) is 0 Å². The number of carbonyl (C=O) groups is 2. The Hall–Kier alpha value is -1.55. The van der Waals surface area contributed by atoms with Crippen LogP contribution in [0, 0.1) is 0 Å². The zero-order chi connectivity index (χ0) is 13.0. The first-order chi connectivity index (χ1) is 8.66. The minimum absolute atomic E-state index is 0.0276. The number of alkyl halides is 1. The molecule has 2 atom stereocenters. The molecule has 5 heteroatoms. The number of hydrogen-bond acceptors (Lipinski definition) is 2. The summed E-state index contributed by atoms with van der Waals surface area (Å²) >= 11 is 6.11. The number of hydrogen-bond donors (Lipinski definition) is 2. The predicted molar refractivity (Wildman–Crippen MR) is 69.2 cm³/mol. The summed E-state index contributed by atoms with van der Waals surface area (Å²) in [6.45, 7) is 0.475. The summed E-state index contributed by atoms with van der Waals surface area (Å²) in [6.07, 6.45) is 1.11. The van der Waals surface area contributed by atoms with Crippen molar-refractivity contribution in [1.82, 2.24) is 10.6 Å². The van der Waals surface area contributed by atoms with E-state index in [-0.39, 0.29) is 17.9 Å². The van der Waals surface area contributed by atoms with E-state index < -0.39 is 5.38 Å². The van der Waals surface area contributed by atoms with Crippen molar-refractivity contribution in [3.63, 3.8) is 0 Å². The molecule has 1 aromatic carbocycles. The van der Waals surface area contributed by atoms with Gasteiger partial charge in [0.05, 0.1) is 0 Å². The van der Waals surface area contributed by atoms with Crippen molar-refractivity contribution in [2.45, 2.75) is 24.3 Å². The maximum absolute atomic E-state index is 11.9. The highest BCUT2D eigenvalue weighted by Crippen LogP contribution is 2.20. The Bertz CT molecular complexity index is 426. The molecule has 18 heavy (non-hydrogen) atoms. The molecule has 2 N–H and O–H groups in total. The number of amides is 2. The van der Waals surface area contributed by atoms with Crippen LogP contribution in [0.25, 0.3) is 0 Å². The van der Waals surface area contributed by atoms with Crippen LogP contribution in [0.3, 0.4) is 0 Å². The highest BCUT2D eigenvalue weighted by Gasteiger charge is 2.23. The summed E-state index contributed by atoms with van der Waals surface area (Å²) < 4.78 is 0. The molecule has 0 aromatic heterocycles. The maximum Gasteiger partial charge on any atom is 0.242 e. The molecule has 1 fully saturated rings. The predicted octanol–water partition coefficient (Wildman–Crippen LogP) is 1.36. The molecule has 1 aliphatic rings. The van der Waals surface area contributed by atoms with Crippen molar-refractivity contribution in [2.75, 3.05) is 6.54 Å². The maximum atomic E-state index is 11.9. The largest absolute Gasteiger partial charge is 0.354 e. The summed E-state index contributed by atoms with van der Waals surface area (Å²) in [5.74, 6) is -0.185. The normalized spacial score (nSPS) is 20.9. The van der Waals surface area contributed by atoms with Gasteiger partial charge in [0.1, 0.15) is 5.38 Å². The Labute approximate surface area is 111 Å². The highest BCUT2D eigenvalue weighted by atomic mass is 35.5. The number of rotatable bonds is 3. The van der Waals surface area contributed by atoms with Gasteiger partial charge in [0.2, 0.25) is 11.8 Å². The van der Waals surface area contributed by atoms with E-state index in [4.69, 9.17) is 11.6 Å². The lowest BCUT2D eigenvalue weighted by molar-refractivity contribution is -0.125. The molecule has 1 aliphatic heterocycles. The second-order valence-electron chi connectivity index (χ2n) is 4.32. The van der Waals surface area contributed by atoms with Crippen LogP contribution >= 0.6 is 11.6 Å². The van der Waals surface area contributed by atoms with Crippen LogP contribution in [-0.4, -0.2) is 24.4 Å². The Morgan fingerprint density at radius 2 is 2.11 bits per heavy atom. The fourth-order valence-electron chi connectivity index (χ4n) is 1.90. The zero-order valence-electron chi connectivity index (χ0n) is 9.86. The summed E-state index contributed by atoms with van der Waals surface area (Å²) in [5.41, 5.74) is 0.775. The van der Waals surface area contributed by atoms with E-state index in [1.54, 1.807) is 0 Å². The fraction of sp³-hybridized carbons (Fsp3) is 0.385. The molecular formula is C13H15ClN2O2. The Morgan fingerprint density at radius 3 is 2.72 bits per heavy atom. The Morgan fingerprint density at radius 1 is 1.39 bits per heavy atom. The molecule has 0 saturated carbocycles. The third-order valence-corrected chi connectivity index (χ3v) is 3.38. The summed E-state index contributed by atoms with van der Waals surface area (Å²) in [5, 5.41) is 4.88. The third-order valence-electron chi connectivity index (χ3n) is 2.93. The van der Waals surface area contributed by atoms with E-state index in [1.807, 2.05) is 30.3 Å². The molecule has 2 rings (SSSR count). The van der Waals surface area contributed by atoms with E-state index in [2.05, 4.69) is 10.6 Å². The first-order valence-corrected chi connectivity index (χ1v) is 6.36. The molecule has 0 aliphatic carbocycles. The standard InChI is InChI=1S/C13H15ClN2O2/c14-12(9-4-2-1-3-5-9)13(18)16-10-6-7-11(17)15-8-10/h1-5,10,12H,6-8H2,(H,15,17)(H,16,18). The second kappa shape index (κ2) is 5.87. The van der Waals surface area contributed by atoms with Gasteiger partial charge in [-0.15, -0.1) is 11.6 Å². The van der Waals surface area contributed by atoms with Crippen LogP contribution in [0.1, 0.15) is 23.8 Å². The first-order valence-electron chi connectivity index (χ1n) is 5.93. The van der Waals surface area contributed by atoms with Gasteiger partial charge >= 0.3 is 0 Å². The third kappa shape index (κ3) is 3.23. The van der Waals surface area contributed by atoms with Crippen molar-refractivity contribution in [1.29, 1.82) is 0 Å². The average Bonchev–Trinajstić information content (AvgIpc) is 2.41. The average molecular weight is 267 g/mol. The molecule has 1 aromatic rings. The van der Waals surface area contributed by atoms with E-state index in [9.17, 15) is 9.59 Å². The lowest BCUT2D eigenvalue weighted by Crippen LogP contribution is -2.48. The molecule has 0 radical (unpaired) electrons. The molecule has 96 valence electrons. The lowest BCUT2D eigenvalue weighted by atomic mass is 10.1. The van der Waals surface area contributed by atoms with Gasteiger partial charge in [-0.25, -0.2) is 0 Å². The Balaban J connectivity index is 1.90. The molecule has 0 bridgehead atoms. The van der Waals surface area contributed by atoms with E-state index in [0.29, 0.717) is 19.4 Å². The zero-order valence-corrected chi connectivity index (χ0v) is 10.6. The number of nitrogens with one attached hydrogen (secondary N) is 2. The SMILES string of the molecule is O=C1CCC(NC(=O)C(Cl)c2ccccc2)CN1. The Kier molecular flexibility index (Phi) is 4.20. The fourth-order valence-corrected chi connectivity index (χ4v) is 2.11. The second-order valence-corrected chi connectivity index (χ2v) is 4.76. The topological polar surface area (TPSA) is 58.2 Å². The van der Waals surface area contributed by atoms with Crippen molar-refractivity contribution in [2.24, 2.45) is 0 Å². The van der Waals surface area contributed by atoms with Crippen LogP contribution in [0.15, 0.2) is 30.3 Å². The van der Waals surface area contributed by atoms with Crippen molar-refractivity contribution in [3.05, 3.63) is 35.9 Å². The smallest absolute Gasteiger partial charge is 0.242 e. The van der Waals surface area contributed by atoms with Crippen LogP contribution in [-0.2, 0) is 9.59 Å².